The average molecular weight is 330 g/mol. The lowest BCUT2D eigenvalue weighted by Crippen LogP contribution is -1.83. The average Bonchev–Trinajstić information content (AvgIpc) is 2.95. The van der Waals surface area contributed by atoms with Gasteiger partial charge in [0.15, 0.2) is 0 Å². The quantitative estimate of drug-likeness (QED) is 0.489. The fraction of sp³-hybridized carbons (Fsp3) is 0.0909. The van der Waals surface area contributed by atoms with Gasteiger partial charge in [0, 0.05) is 16.5 Å². The van der Waals surface area contributed by atoms with Gasteiger partial charge >= 0.3 is 0 Å². The Balaban J connectivity index is 2.05. The maximum Gasteiger partial charge on any atom is 0.143 e. The Morgan fingerprint density at radius 1 is 0.680 bits per heavy atom. The standard InChI is InChI=1S/C22H18O3/c1-13-11-19-20(12-14(13)2)25-22(16-5-9-18(24)10-6-16)21(19)15-3-7-17(23)8-4-15/h3-12,23-24H,1-2H3. The van der Waals surface area contributed by atoms with Crippen LogP contribution in [0.4, 0.5) is 0 Å². The van der Waals surface area contributed by atoms with Gasteiger partial charge in [-0.2, -0.15) is 0 Å². The molecule has 3 heteroatoms. The molecule has 0 aliphatic rings. The first-order chi connectivity index (χ1) is 12.0. The van der Waals surface area contributed by atoms with Crippen LogP contribution in [0.1, 0.15) is 11.1 Å². The molecular weight excluding hydrogens is 312 g/mol. The summed E-state index contributed by atoms with van der Waals surface area (Å²) in [4.78, 5) is 0. The van der Waals surface area contributed by atoms with E-state index in [1.54, 1.807) is 24.3 Å². The first-order valence-corrected chi connectivity index (χ1v) is 8.15. The van der Waals surface area contributed by atoms with E-state index in [9.17, 15) is 10.2 Å². The summed E-state index contributed by atoms with van der Waals surface area (Å²) in [5.41, 5.74) is 6.06. The van der Waals surface area contributed by atoms with E-state index in [0.717, 1.165) is 33.4 Å². The van der Waals surface area contributed by atoms with E-state index in [4.69, 9.17) is 4.42 Å². The van der Waals surface area contributed by atoms with Crippen molar-refractivity contribution in [2.75, 3.05) is 0 Å². The van der Waals surface area contributed by atoms with Crippen molar-refractivity contribution >= 4 is 11.0 Å². The molecule has 4 rings (SSSR count). The topological polar surface area (TPSA) is 53.6 Å². The van der Waals surface area contributed by atoms with Crippen molar-refractivity contribution in [1.82, 2.24) is 0 Å². The Hall–Kier alpha value is -3.20. The zero-order valence-corrected chi connectivity index (χ0v) is 14.1. The summed E-state index contributed by atoms with van der Waals surface area (Å²) >= 11 is 0. The lowest BCUT2D eigenvalue weighted by atomic mass is 9.96. The zero-order chi connectivity index (χ0) is 17.6. The lowest BCUT2D eigenvalue weighted by molar-refractivity contribution is 0.475. The Morgan fingerprint density at radius 2 is 1.20 bits per heavy atom. The third-order valence-corrected chi connectivity index (χ3v) is 4.59. The summed E-state index contributed by atoms with van der Waals surface area (Å²) in [6.45, 7) is 4.15. The second kappa shape index (κ2) is 5.71. The Labute approximate surface area is 145 Å². The molecule has 25 heavy (non-hydrogen) atoms. The number of phenols is 2. The summed E-state index contributed by atoms with van der Waals surface area (Å²) in [6, 6.07) is 18.3. The summed E-state index contributed by atoms with van der Waals surface area (Å²) < 4.78 is 6.20. The molecule has 3 aromatic carbocycles. The van der Waals surface area contributed by atoms with Crippen molar-refractivity contribution in [2.45, 2.75) is 13.8 Å². The van der Waals surface area contributed by atoms with Gasteiger partial charge < -0.3 is 14.6 Å². The van der Waals surface area contributed by atoms with Crippen LogP contribution in [-0.2, 0) is 0 Å². The molecule has 3 nitrogen and oxygen atoms in total. The van der Waals surface area contributed by atoms with Crippen LogP contribution in [0.15, 0.2) is 65.1 Å². The van der Waals surface area contributed by atoms with Crippen molar-refractivity contribution in [2.24, 2.45) is 0 Å². The maximum atomic E-state index is 9.61. The van der Waals surface area contributed by atoms with Gasteiger partial charge in [0.1, 0.15) is 22.8 Å². The maximum absolute atomic E-state index is 9.61. The number of rotatable bonds is 2. The third kappa shape index (κ3) is 2.64. The van der Waals surface area contributed by atoms with Crippen LogP contribution < -0.4 is 0 Å². The number of benzene rings is 3. The van der Waals surface area contributed by atoms with Crippen molar-refractivity contribution in [3.63, 3.8) is 0 Å². The Kier molecular flexibility index (Phi) is 3.50. The van der Waals surface area contributed by atoms with E-state index < -0.39 is 0 Å². The molecule has 0 unspecified atom stereocenters. The van der Waals surface area contributed by atoms with Crippen LogP contribution in [0.3, 0.4) is 0 Å². The van der Waals surface area contributed by atoms with Crippen molar-refractivity contribution < 1.29 is 14.6 Å². The Bertz CT molecular complexity index is 1060. The van der Waals surface area contributed by atoms with Crippen LogP contribution in [-0.4, -0.2) is 10.2 Å². The van der Waals surface area contributed by atoms with Crippen LogP contribution in [0.2, 0.25) is 0 Å². The molecule has 1 aromatic heterocycles. The number of hydrogen-bond donors (Lipinski definition) is 2. The molecule has 0 saturated heterocycles. The normalized spacial score (nSPS) is 11.1. The monoisotopic (exact) mass is 330 g/mol. The first kappa shape index (κ1) is 15.3. The number of furan rings is 1. The molecule has 0 fully saturated rings. The highest BCUT2D eigenvalue weighted by molar-refractivity contribution is 6.02. The minimum absolute atomic E-state index is 0.220. The van der Waals surface area contributed by atoms with Gasteiger partial charge in [-0.25, -0.2) is 0 Å². The van der Waals surface area contributed by atoms with Crippen LogP contribution in [0.25, 0.3) is 33.4 Å². The summed E-state index contributed by atoms with van der Waals surface area (Å²) in [6.07, 6.45) is 0. The van der Waals surface area contributed by atoms with Gasteiger partial charge in [0.2, 0.25) is 0 Å². The van der Waals surface area contributed by atoms with Gasteiger partial charge in [-0.05, 0) is 79.1 Å². The number of phenolic OH excluding ortho intramolecular Hbond substituents is 2. The van der Waals surface area contributed by atoms with Crippen molar-refractivity contribution in [3.05, 3.63) is 71.8 Å². The van der Waals surface area contributed by atoms with E-state index in [-0.39, 0.29) is 11.5 Å². The molecule has 0 aliphatic carbocycles. The molecule has 0 spiro atoms. The van der Waals surface area contributed by atoms with Gasteiger partial charge in [0.25, 0.3) is 0 Å². The van der Waals surface area contributed by atoms with E-state index >= 15 is 0 Å². The number of fused-ring (bicyclic) bond motifs is 1. The SMILES string of the molecule is Cc1cc2oc(-c3ccc(O)cc3)c(-c3ccc(O)cc3)c2cc1C. The highest BCUT2D eigenvalue weighted by Crippen LogP contribution is 2.42. The van der Waals surface area contributed by atoms with E-state index in [2.05, 4.69) is 26.0 Å². The van der Waals surface area contributed by atoms with E-state index in [1.807, 2.05) is 24.3 Å². The third-order valence-electron chi connectivity index (χ3n) is 4.59. The van der Waals surface area contributed by atoms with Crippen LogP contribution in [0.5, 0.6) is 11.5 Å². The fourth-order valence-corrected chi connectivity index (χ4v) is 3.08. The number of hydrogen-bond acceptors (Lipinski definition) is 3. The largest absolute Gasteiger partial charge is 0.508 e. The smallest absolute Gasteiger partial charge is 0.143 e. The van der Waals surface area contributed by atoms with E-state index in [1.165, 1.54) is 11.1 Å². The molecule has 0 aliphatic heterocycles. The van der Waals surface area contributed by atoms with Gasteiger partial charge in [-0.15, -0.1) is 0 Å². The molecule has 0 radical (unpaired) electrons. The second-order valence-electron chi connectivity index (χ2n) is 6.33. The number of aryl methyl sites for hydroxylation is 2. The molecule has 0 amide bonds. The molecule has 0 saturated carbocycles. The molecule has 124 valence electrons. The van der Waals surface area contributed by atoms with Gasteiger partial charge in [-0.1, -0.05) is 12.1 Å². The fourth-order valence-electron chi connectivity index (χ4n) is 3.08. The van der Waals surface area contributed by atoms with E-state index in [0.29, 0.717) is 0 Å². The minimum Gasteiger partial charge on any atom is -0.508 e. The minimum atomic E-state index is 0.220. The van der Waals surface area contributed by atoms with Crippen LogP contribution >= 0.6 is 0 Å². The molecule has 2 N–H and O–H groups in total. The molecule has 1 heterocycles. The van der Waals surface area contributed by atoms with Crippen molar-refractivity contribution in [1.29, 1.82) is 0 Å². The highest BCUT2D eigenvalue weighted by atomic mass is 16.3. The lowest BCUT2D eigenvalue weighted by Gasteiger charge is -2.05. The predicted molar refractivity (Wildman–Crippen MR) is 99.9 cm³/mol. The van der Waals surface area contributed by atoms with Crippen molar-refractivity contribution in [3.8, 4) is 33.9 Å². The predicted octanol–water partition coefficient (Wildman–Crippen LogP) is 5.79. The van der Waals surface area contributed by atoms with Gasteiger partial charge in [-0.3, -0.25) is 0 Å². The van der Waals surface area contributed by atoms with Crippen LogP contribution in [0, 0.1) is 13.8 Å². The second-order valence-corrected chi connectivity index (χ2v) is 6.33. The molecule has 4 aromatic rings. The summed E-state index contributed by atoms with van der Waals surface area (Å²) in [5.74, 6) is 1.21. The first-order valence-electron chi connectivity index (χ1n) is 8.15. The zero-order valence-electron chi connectivity index (χ0n) is 14.1. The highest BCUT2D eigenvalue weighted by Gasteiger charge is 2.18. The molecule has 0 atom stereocenters. The van der Waals surface area contributed by atoms with Gasteiger partial charge in [0.05, 0.1) is 0 Å². The summed E-state index contributed by atoms with van der Waals surface area (Å²) in [7, 11) is 0. The summed E-state index contributed by atoms with van der Waals surface area (Å²) in [5, 5.41) is 20.2. The number of aromatic hydroxyl groups is 2. The molecular formula is C22H18O3. The molecule has 0 bridgehead atoms. The Morgan fingerprint density at radius 3 is 1.80 bits per heavy atom.